The second-order valence-corrected chi connectivity index (χ2v) is 8.77. The second-order valence-electron chi connectivity index (χ2n) is 5.79. The van der Waals surface area contributed by atoms with Gasteiger partial charge in [-0.1, -0.05) is 12.8 Å². The van der Waals surface area contributed by atoms with E-state index >= 15 is 0 Å². The summed E-state index contributed by atoms with van der Waals surface area (Å²) in [4.78, 5) is 0.207. The maximum absolute atomic E-state index is 13.3. The number of halogens is 1. The summed E-state index contributed by atoms with van der Waals surface area (Å²) in [5.74, 6) is -0.402. The molecule has 0 bridgehead atoms. The summed E-state index contributed by atoms with van der Waals surface area (Å²) < 4.78 is 41.2. The van der Waals surface area contributed by atoms with E-state index in [2.05, 4.69) is 4.72 Å². The minimum atomic E-state index is -3.60. The smallest absolute Gasteiger partial charge is 0.210 e. The van der Waals surface area contributed by atoms with Crippen molar-refractivity contribution < 1.29 is 12.8 Å². The molecule has 1 fully saturated rings. The average molecular weight is 331 g/mol. The minimum Gasteiger partial charge on any atom is -0.210 e. The van der Waals surface area contributed by atoms with Crippen LogP contribution >= 0.6 is 11.8 Å². The third-order valence-corrected chi connectivity index (χ3v) is 7.35. The number of nitrogens with one attached hydrogen (secondary N) is 1. The van der Waals surface area contributed by atoms with Crippen LogP contribution in [0.5, 0.6) is 0 Å². The van der Waals surface area contributed by atoms with Gasteiger partial charge in [-0.2, -0.15) is 11.8 Å². The van der Waals surface area contributed by atoms with Gasteiger partial charge in [0, 0.05) is 11.3 Å². The number of hydrogen-bond donors (Lipinski definition) is 1. The highest BCUT2D eigenvalue weighted by molar-refractivity contribution is 8.00. The van der Waals surface area contributed by atoms with E-state index in [1.165, 1.54) is 12.1 Å². The predicted octanol–water partition coefficient (Wildman–Crippen LogP) is 3.40. The van der Waals surface area contributed by atoms with E-state index in [0.29, 0.717) is 17.7 Å². The van der Waals surface area contributed by atoms with E-state index in [1.807, 2.05) is 6.26 Å². The molecule has 0 aromatic heterocycles. The van der Waals surface area contributed by atoms with Gasteiger partial charge in [-0.05, 0) is 56.2 Å². The Morgan fingerprint density at radius 3 is 2.24 bits per heavy atom. The first kappa shape index (κ1) is 16.8. The lowest BCUT2D eigenvalue weighted by Crippen LogP contribution is -2.38. The third kappa shape index (κ3) is 3.60. The normalized spacial score (nSPS) is 18.1. The van der Waals surface area contributed by atoms with Crippen molar-refractivity contribution >= 4 is 21.8 Å². The summed E-state index contributed by atoms with van der Waals surface area (Å²) in [6.07, 6.45) is 6.42. The van der Waals surface area contributed by atoms with Gasteiger partial charge in [-0.15, -0.1) is 0 Å². The van der Waals surface area contributed by atoms with Gasteiger partial charge < -0.3 is 0 Å². The molecule has 2 rings (SSSR count). The zero-order valence-corrected chi connectivity index (χ0v) is 14.3. The largest absolute Gasteiger partial charge is 0.241 e. The Labute approximate surface area is 130 Å². The molecule has 118 valence electrons. The van der Waals surface area contributed by atoms with Crippen LogP contribution in [0.25, 0.3) is 0 Å². The number of benzene rings is 1. The van der Waals surface area contributed by atoms with E-state index in [9.17, 15) is 12.8 Å². The standard InChI is InChI=1S/C15H22FNO2S2/c1-11-8-13(16)9-12(2)14(11)21(18,19)17-10-15(20-3)6-4-5-7-15/h8-9,17H,4-7,10H2,1-3H3. The predicted molar refractivity (Wildman–Crippen MR) is 85.8 cm³/mol. The molecule has 1 saturated carbocycles. The highest BCUT2D eigenvalue weighted by Crippen LogP contribution is 2.39. The molecule has 1 aromatic rings. The van der Waals surface area contributed by atoms with Crippen molar-refractivity contribution in [2.45, 2.75) is 49.2 Å². The zero-order valence-electron chi connectivity index (χ0n) is 12.7. The molecule has 0 radical (unpaired) electrons. The van der Waals surface area contributed by atoms with Gasteiger partial charge in [0.05, 0.1) is 4.90 Å². The van der Waals surface area contributed by atoms with Crippen molar-refractivity contribution in [3.8, 4) is 0 Å². The van der Waals surface area contributed by atoms with Crippen LogP contribution in [0, 0.1) is 19.7 Å². The third-order valence-electron chi connectivity index (χ3n) is 4.23. The van der Waals surface area contributed by atoms with Crippen LogP contribution in [-0.4, -0.2) is 26.0 Å². The summed E-state index contributed by atoms with van der Waals surface area (Å²) in [5, 5.41) is 0. The number of rotatable bonds is 5. The number of thioether (sulfide) groups is 1. The van der Waals surface area contributed by atoms with Crippen LogP contribution in [0.1, 0.15) is 36.8 Å². The van der Waals surface area contributed by atoms with Gasteiger partial charge in [0.25, 0.3) is 0 Å². The fourth-order valence-electron chi connectivity index (χ4n) is 3.09. The van der Waals surface area contributed by atoms with Crippen molar-refractivity contribution in [2.75, 3.05) is 12.8 Å². The Kier molecular flexibility index (Phi) is 5.00. The fraction of sp³-hybridized carbons (Fsp3) is 0.600. The molecule has 21 heavy (non-hydrogen) atoms. The number of aryl methyl sites for hydroxylation is 2. The van der Waals surface area contributed by atoms with Gasteiger partial charge in [-0.25, -0.2) is 17.5 Å². The van der Waals surface area contributed by atoms with Gasteiger partial charge in [-0.3, -0.25) is 0 Å². The number of hydrogen-bond acceptors (Lipinski definition) is 3. The summed E-state index contributed by atoms with van der Waals surface area (Å²) >= 11 is 1.74. The Balaban J connectivity index is 2.23. The molecule has 0 amide bonds. The maximum atomic E-state index is 13.3. The van der Waals surface area contributed by atoms with E-state index in [4.69, 9.17) is 0 Å². The van der Waals surface area contributed by atoms with Crippen molar-refractivity contribution in [1.29, 1.82) is 0 Å². The lowest BCUT2D eigenvalue weighted by Gasteiger charge is -2.27. The molecule has 1 aliphatic carbocycles. The lowest BCUT2D eigenvalue weighted by atomic mass is 10.1. The molecule has 1 aliphatic rings. The van der Waals surface area contributed by atoms with Crippen LogP contribution < -0.4 is 4.72 Å². The first-order chi connectivity index (χ1) is 9.80. The average Bonchev–Trinajstić information content (AvgIpc) is 2.84. The highest BCUT2D eigenvalue weighted by atomic mass is 32.2. The molecular formula is C15H22FNO2S2. The van der Waals surface area contributed by atoms with Crippen LogP contribution in [-0.2, 0) is 10.0 Å². The summed E-state index contributed by atoms with van der Waals surface area (Å²) in [5.41, 5.74) is 0.897. The summed E-state index contributed by atoms with van der Waals surface area (Å²) in [7, 11) is -3.60. The van der Waals surface area contributed by atoms with Gasteiger partial charge in [0.15, 0.2) is 0 Å². The zero-order chi connectivity index (χ0) is 15.7. The molecule has 0 spiro atoms. The van der Waals surface area contributed by atoms with Crippen molar-refractivity contribution in [1.82, 2.24) is 4.72 Å². The van der Waals surface area contributed by atoms with E-state index < -0.39 is 15.8 Å². The van der Waals surface area contributed by atoms with Crippen LogP contribution in [0.3, 0.4) is 0 Å². The van der Waals surface area contributed by atoms with Crippen molar-refractivity contribution in [2.24, 2.45) is 0 Å². The molecule has 1 N–H and O–H groups in total. The van der Waals surface area contributed by atoms with Crippen LogP contribution in [0.4, 0.5) is 4.39 Å². The lowest BCUT2D eigenvalue weighted by molar-refractivity contribution is 0.549. The molecule has 0 saturated heterocycles. The first-order valence-electron chi connectivity index (χ1n) is 7.11. The Bertz CT molecular complexity index is 600. The summed E-state index contributed by atoms with van der Waals surface area (Å²) in [6.45, 7) is 3.70. The van der Waals surface area contributed by atoms with Gasteiger partial charge in [0.1, 0.15) is 5.82 Å². The molecule has 0 aliphatic heterocycles. The molecule has 3 nitrogen and oxygen atoms in total. The molecule has 0 heterocycles. The van der Waals surface area contributed by atoms with Gasteiger partial charge >= 0.3 is 0 Å². The molecule has 0 unspecified atom stereocenters. The minimum absolute atomic E-state index is 0.00884. The van der Waals surface area contributed by atoms with Crippen LogP contribution in [0.2, 0.25) is 0 Å². The van der Waals surface area contributed by atoms with Crippen LogP contribution in [0.15, 0.2) is 17.0 Å². The first-order valence-corrected chi connectivity index (χ1v) is 9.82. The highest BCUT2D eigenvalue weighted by Gasteiger charge is 2.34. The topological polar surface area (TPSA) is 46.2 Å². The second kappa shape index (κ2) is 6.26. The SMILES string of the molecule is CSC1(CNS(=O)(=O)c2c(C)cc(F)cc2C)CCCC1. The van der Waals surface area contributed by atoms with Gasteiger partial charge in [0.2, 0.25) is 10.0 Å². The van der Waals surface area contributed by atoms with E-state index in [1.54, 1.807) is 25.6 Å². The Morgan fingerprint density at radius 2 is 1.76 bits per heavy atom. The number of sulfonamides is 1. The quantitative estimate of drug-likeness (QED) is 0.899. The van der Waals surface area contributed by atoms with E-state index in [-0.39, 0.29) is 9.64 Å². The molecule has 0 atom stereocenters. The van der Waals surface area contributed by atoms with Crippen molar-refractivity contribution in [3.63, 3.8) is 0 Å². The Hall–Kier alpha value is -0.590. The maximum Gasteiger partial charge on any atom is 0.241 e. The monoisotopic (exact) mass is 331 g/mol. The fourth-order valence-corrected chi connectivity index (χ4v) is 5.67. The molecule has 1 aromatic carbocycles. The van der Waals surface area contributed by atoms with E-state index in [0.717, 1.165) is 25.7 Å². The summed E-state index contributed by atoms with van der Waals surface area (Å²) in [6, 6.07) is 2.53. The van der Waals surface area contributed by atoms with Crippen molar-refractivity contribution in [3.05, 3.63) is 29.1 Å². The molecule has 6 heteroatoms. The molecular weight excluding hydrogens is 309 g/mol. The Morgan fingerprint density at radius 1 is 1.24 bits per heavy atom.